The normalized spacial score (nSPS) is 20.1. The zero-order valence-electron chi connectivity index (χ0n) is 33.0. The average Bonchev–Trinajstić information content (AvgIpc) is 3.67. The molecule has 9 rings (SSSR count). The van der Waals surface area contributed by atoms with Crippen LogP contribution in [-0.2, 0) is 4.74 Å². The van der Waals surface area contributed by atoms with Gasteiger partial charge < -0.3 is 35.1 Å². The summed E-state index contributed by atoms with van der Waals surface area (Å²) in [5.74, 6) is -1.58. The molecule has 0 bridgehead atoms. The van der Waals surface area contributed by atoms with Gasteiger partial charge in [0.25, 0.3) is 5.91 Å². The Morgan fingerprint density at radius 1 is 0.881 bits per heavy atom. The number of anilines is 3. The molecule has 306 valence electrons. The van der Waals surface area contributed by atoms with Gasteiger partial charge in [0.2, 0.25) is 0 Å². The molecule has 13 nitrogen and oxygen atoms in total. The highest BCUT2D eigenvalue weighted by Crippen LogP contribution is 2.36. The molecule has 3 fully saturated rings. The number of hydrogen-bond acceptors (Lipinski definition) is 11. The minimum absolute atomic E-state index is 0.0792. The second-order valence-corrected chi connectivity index (χ2v) is 15.1. The molecule has 0 spiro atoms. The van der Waals surface area contributed by atoms with Crippen molar-refractivity contribution in [3.8, 4) is 22.8 Å². The second-order valence-electron chi connectivity index (χ2n) is 15.1. The number of carbonyl (C=O) groups is 1. The van der Waals surface area contributed by atoms with Crippen molar-refractivity contribution in [1.29, 1.82) is 0 Å². The van der Waals surface area contributed by atoms with Crippen LogP contribution in [0, 0.1) is 11.6 Å². The molecule has 3 saturated heterocycles. The third-order valence-corrected chi connectivity index (χ3v) is 11.8. The highest BCUT2D eigenvalue weighted by molar-refractivity contribution is 6.07. The van der Waals surface area contributed by atoms with Crippen LogP contribution in [0.2, 0.25) is 0 Å². The number of allylic oxidation sites excluding steroid dienone is 1. The summed E-state index contributed by atoms with van der Waals surface area (Å²) in [7, 11) is 3.10. The van der Waals surface area contributed by atoms with E-state index in [9.17, 15) is 13.6 Å². The Labute approximate surface area is 341 Å². The van der Waals surface area contributed by atoms with E-state index < -0.39 is 29.5 Å². The molecule has 15 heteroatoms. The van der Waals surface area contributed by atoms with E-state index in [0.717, 1.165) is 100 Å². The molecule has 2 atom stereocenters. The number of halogens is 2. The lowest BCUT2D eigenvalue weighted by molar-refractivity contribution is -0.0548. The van der Waals surface area contributed by atoms with Crippen molar-refractivity contribution in [1.82, 2.24) is 24.5 Å². The van der Waals surface area contributed by atoms with Gasteiger partial charge in [-0.2, -0.15) is 0 Å². The number of nitrogens with zero attached hydrogens (tertiary/aromatic N) is 6. The zero-order valence-corrected chi connectivity index (χ0v) is 33.0. The molecular weight excluding hydrogens is 757 g/mol. The Bertz CT molecular complexity index is 2390. The third kappa shape index (κ3) is 7.80. The van der Waals surface area contributed by atoms with Gasteiger partial charge in [0.15, 0.2) is 6.29 Å². The lowest BCUT2D eigenvalue weighted by Crippen LogP contribution is -2.60. The van der Waals surface area contributed by atoms with Crippen LogP contribution in [0.25, 0.3) is 22.6 Å². The summed E-state index contributed by atoms with van der Waals surface area (Å²) >= 11 is 0. The van der Waals surface area contributed by atoms with E-state index in [4.69, 9.17) is 19.2 Å². The van der Waals surface area contributed by atoms with E-state index >= 15 is 0 Å². The number of carbonyl (C=O) groups excluding carboxylic acids is 1. The molecule has 0 saturated carbocycles. The number of amides is 1. The van der Waals surface area contributed by atoms with Gasteiger partial charge in [0.05, 0.1) is 55.8 Å². The number of fused-ring (bicyclic) bond motifs is 2. The molecule has 1 amide bonds. The molecular formula is C44H47F2N9O4. The van der Waals surface area contributed by atoms with E-state index in [1.807, 2.05) is 40.9 Å². The fourth-order valence-corrected chi connectivity index (χ4v) is 8.68. The number of piperidine rings is 1. The molecule has 3 N–H and O–H groups in total. The first-order valence-electron chi connectivity index (χ1n) is 20.0. The van der Waals surface area contributed by atoms with E-state index in [1.165, 1.54) is 13.2 Å². The van der Waals surface area contributed by atoms with Crippen molar-refractivity contribution in [2.24, 2.45) is 4.99 Å². The summed E-state index contributed by atoms with van der Waals surface area (Å²) in [6.07, 6.45) is 7.19. The minimum Gasteiger partial charge on any atom is -0.496 e. The Morgan fingerprint density at radius 3 is 2.51 bits per heavy atom. The lowest BCUT2D eigenvalue weighted by Gasteiger charge is -2.48. The van der Waals surface area contributed by atoms with E-state index in [-0.39, 0.29) is 11.3 Å². The quantitative estimate of drug-likeness (QED) is 0.157. The summed E-state index contributed by atoms with van der Waals surface area (Å²) < 4.78 is 48.1. The SMILES string of the molecule is COc1cc(N2CCC(N3CCN4CCOC[C@@H]4C3)CC2)ccc1NC1N=CC=C(c2c(-c3ccc(OC)c(C(=O)Nc4c(F)cccc4F)c3)nc3ccccn23)N1. The van der Waals surface area contributed by atoms with Gasteiger partial charge >= 0.3 is 0 Å². The fraction of sp³-hybridized carbons (Fsp3) is 0.341. The van der Waals surface area contributed by atoms with Crippen LogP contribution in [0.1, 0.15) is 28.9 Å². The molecule has 1 unspecified atom stereocenters. The maximum absolute atomic E-state index is 14.5. The van der Waals surface area contributed by atoms with Gasteiger partial charge in [-0.1, -0.05) is 12.1 Å². The Morgan fingerprint density at radius 2 is 1.69 bits per heavy atom. The molecule has 5 aromatic rings. The van der Waals surface area contributed by atoms with Crippen molar-refractivity contribution in [2.45, 2.75) is 31.2 Å². The summed E-state index contributed by atoms with van der Waals surface area (Å²) in [6.45, 7) is 8.06. The molecule has 0 radical (unpaired) electrons. The number of para-hydroxylation sites is 1. The van der Waals surface area contributed by atoms with Gasteiger partial charge in [0, 0.05) is 81.1 Å². The molecule has 3 aromatic carbocycles. The smallest absolute Gasteiger partial charge is 0.259 e. The number of hydrogen-bond donors (Lipinski definition) is 3. The molecule has 4 aliphatic rings. The number of piperazine rings is 1. The van der Waals surface area contributed by atoms with Crippen molar-refractivity contribution in [3.05, 3.63) is 108 Å². The predicted molar refractivity (Wildman–Crippen MR) is 224 cm³/mol. The maximum Gasteiger partial charge on any atom is 0.259 e. The van der Waals surface area contributed by atoms with Crippen molar-refractivity contribution in [2.75, 3.05) is 82.2 Å². The van der Waals surface area contributed by atoms with Crippen molar-refractivity contribution in [3.63, 3.8) is 0 Å². The standard InChI is InChI=1S/C44H47F2N9O4/c1-57-37-12-9-28(24-32(37)43(56)51-41-33(45)6-5-7-34(41)46)40-42(55-17-4-3-8-39(55)50-40)36-13-16-47-44(49-36)48-35-11-10-30(25-38(35)58-2)52-18-14-29(15-19-52)54-21-20-53-22-23-59-27-31(53)26-54/h3-13,16-17,24-25,29,31,44,48-49H,14-15,18-23,26-27H2,1-2H3,(H,51,56)/t31-,44?/m0/s1. The Kier molecular flexibility index (Phi) is 10.9. The number of nitrogens with one attached hydrogen (secondary N) is 3. The first-order chi connectivity index (χ1) is 28.9. The number of ether oxygens (including phenoxy) is 3. The van der Waals surface area contributed by atoms with Crippen LogP contribution in [-0.4, -0.2) is 116 Å². The first kappa shape index (κ1) is 38.5. The van der Waals surface area contributed by atoms with Crippen LogP contribution in [0.4, 0.5) is 25.8 Å². The molecule has 4 aliphatic heterocycles. The monoisotopic (exact) mass is 803 g/mol. The van der Waals surface area contributed by atoms with Crippen LogP contribution in [0.15, 0.2) is 90.1 Å². The highest BCUT2D eigenvalue weighted by atomic mass is 19.1. The van der Waals surface area contributed by atoms with E-state index in [0.29, 0.717) is 34.7 Å². The first-order valence-corrected chi connectivity index (χ1v) is 20.0. The number of methoxy groups -OCH3 is 2. The van der Waals surface area contributed by atoms with Crippen LogP contribution in [0.5, 0.6) is 11.5 Å². The number of aromatic nitrogens is 2. The Balaban J connectivity index is 0.914. The van der Waals surface area contributed by atoms with Gasteiger partial charge in [-0.3, -0.25) is 19.0 Å². The summed E-state index contributed by atoms with van der Waals surface area (Å²) in [5.41, 5.74) is 4.70. The minimum atomic E-state index is -0.889. The third-order valence-electron chi connectivity index (χ3n) is 11.8. The molecule has 0 aliphatic carbocycles. The topological polar surface area (TPSA) is 120 Å². The summed E-state index contributed by atoms with van der Waals surface area (Å²) in [6, 6.07) is 21.5. The zero-order chi connectivity index (χ0) is 40.5. The number of morpholine rings is 1. The number of imidazole rings is 1. The number of pyridine rings is 1. The van der Waals surface area contributed by atoms with Crippen molar-refractivity contribution >= 4 is 40.5 Å². The maximum atomic E-state index is 14.5. The Hall–Kier alpha value is -6.03. The summed E-state index contributed by atoms with van der Waals surface area (Å²) in [4.78, 5) is 30.9. The highest BCUT2D eigenvalue weighted by Gasteiger charge is 2.34. The van der Waals surface area contributed by atoms with Gasteiger partial charge in [-0.05, 0) is 73.5 Å². The van der Waals surface area contributed by atoms with E-state index in [1.54, 1.807) is 31.5 Å². The number of aliphatic imine (C=N–C) groups is 1. The van der Waals surface area contributed by atoms with E-state index in [2.05, 4.69) is 47.8 Å². The van der Waals surface area contributed by atoms with Crippen LogP contribution >= 0.6 is 0 Å². The largest absolute Gasteiger partial charge is 0.496 e. The van der Waals surface area contributed by atoms with Gasteiger partial charge in [-0.15, -0.1) is 0 Å². The van der Waals surface area contributed by atoms with Gasteiger partial charge in [-0.25, -0.2) is 18.8 Å². The fourth-order valence-electron chi connectivity index (χ4n) is 8.68. The predicted octanol–water partition coefficient (Wildman–Crippen LogP) is 5.94. The number of rotatable bonds is 10. The van der Waals surface area contributed by atoms with Gasteiger partial charge in [0.1, 0.15) is 34.5 Å². The molecule has 59 heavy (non-hydrogen) atoms. The second kappa shape index (κ2) is 16.7. The van der Waals surface area contributed by atoms with Crippen LogP contribution < -0.4 is 30.3 Å². The number of benzene rings is 3. The molecule has 6 heterocycles. The lowest BCUT2D eigenvalue weighted by atomic mass is 9.99. The molecule has 2 aromatic heterocycles. The average molecular weight is 804 g/mol. The van der Waals surface area contributed by atoms with Crippen molar-refractivity contribution < 1.29 is 27.8 Å². The van der Waals surface area contributed by atoms with Crippen LogP contribution in [0.3, 0.4) is 0 Å². The summed E-state index contributed by atoms with van der Waals surface area (Å²) in [5, 5.41) is 9.39.